The Labute approximate surface area is 202 Å². The summed E-state index contributed by atoms with van der Waals surface area (Å²) >= 11 is 11.7. The third-order valence-corrected chi connectivity index (χ3v) is 6.31. The molecule has 0 unspecified atom stereocenters. The number of carbonyl (C=O) groups excluding carboxylic acids is 1. The molecule has 4 aromatic rings. The summed E-state index contributed by atoms with van der Waals surface area (Å²) in [5.41, 5.74) is 5.25. The molecule has 0 saturated heterocycles. The first-order valence-electron chi connectivity index (χ1n) is 10.7. The summed E-state index contributed by atoms with van der Waals surface area (Å²) in [5, 5.41) is 9.38. The lowest BCUT2D eigenvalue weighted by atomic mass is 10.0. The number of benzene rings is 3. The summed E-state index contributed by atoms with van der Waals surface area (Å²) in [7, 11) is 0. The second-order valence-corrected chi connectivity index (χ2v) is 8.65. The van der Waals surface area contributed by atoms with Gasteiger partial charge in [-0.2, -0.15) is 9.78 Å². The molecule has 0 fully saturated rings. The van der Waals surface area contributed by atoms with Crippen LogP contribution in [0.5, 0.6) is 0 Å². The third kappa shape index (κ3) is 4.40. The minimum absolute atomic E-state index is 0.121. The number of carbonyl (C=O) groups is 1. The van der Waals surface area contributed by atoms with Crippen LogP contribution >= 0.6 is 23.8 Å². The summed E-state index contributed by atoms with van der Waals surface area (Å²) in [5.74, 6) is -0.121. The molecule has 164 valence electrons. The van der Waals surface area contributed by atoms with E-state index in [0.717, 1.165) is 28.2 Å². The largest absolute Gasteiger partial charge is 0.344 e. The van der Waals surface area contributed by atoms with Gasteiger partial charge in [-0.05, 0) is 48.6 Å². The lowest BCUT2D eigenvalue weighted by Gasteiger charge is -2.30. The molecule has 0 amide bonds. The quantitative estimate of drug-likeness (QED) is 0.390. The van der Waals surface area contributed by atoms with Gasteiger partial charge in [0.1, 0.15) is 0 Å². The zero-order valence-electron chi connectivity index (χ0n) is 17.7. The average molecular weight is 473 g/mol. The first-order valence-corrected chi connectivity index (χ1v) is 11.5. The molecule has 7 heteroatoms. The van der Waals surface area contributed by atoms with E-state index in [-0.39, 0.29) is 5.91 Å². The van der Waals surface area contributed by atoms with Gasteiger partial charge in [0.15, 0.2) is 5.11 Å². The topological polar surface area (TPSA) is 50.2 Å². The number of halogens is 1. The van der Waals surface area contributed by atoms with E-state index in [1.165, 1.54) is 0 Å². The first-order chi connectivity index (χ1) is 16.1. The van der Waals surface area contributed by atoms with Crippen molar-refractivity contribution < 1.29 is 4.79 Å². The molecule has 3 aromatic carbocycles. The zero-order valence-corrected chi connectivity index (χ0v) is 19.3. The second-order valence-electron chi connectivity index (χ2n) is 7.83. The maximum atomic E-state index is 13.3. The van der Waals surface area contributed by atoms with E-state index >= 15 is 0 Å². The van der Waals surface area contributed by atoms with Crippen LogP contribution < -0.4 is 5.32 Å². The number of rotatable bonds is 3. The molecule has 2 heterocycles. The standard InChI is InChI=1S/C26H21ClN4OS/c27-20-11-13-21(14-12-20)28-26(33)30-16-15-23-22(17-30)24(18-7-3-1-4-8-18)29-31(23)25(32)19-9-5-2-6-10-19/h1-14H,15-17H2,(H,28,33). The Morgan fingerprint density at radius 1 is 0.939 bits per heavy atom. The van der Waals surface area contributed by atoms with Crippen molar-refractivity contribution in [1.29, 1.82) is 0 Å². The number of anilines is 1. The molecule has 1 aliphatic rings. The molecule has 0 saturated carbocycles. The molecule has 0 atom stereocenters. The van der Waals surface area contributed by atoms with Crippen LogP contribution in [0, 0.1) is 0 Å². The van der Waals surface area contributed by atoms with E-state index < -0.39 is 0 Å². The summed E-state index contributed by atoms with van der Waals surface area (Å²) in [6.07, 6.45) is 0.663. The molecule has 5 nitrogen and oxygen atoms in total. The molecule has 1 aliphatic heterocycles. The molecule has 33 heavy (non-hydrogen) atoms. The van der Waals surface area contributed by atoms with Gasteiger partial charge in [0.2, 0.25) is 0 Å². The van der Waals surface area contributed by atoms with Crippen molar-refractivity contribution >= 4 is 40.5 Å². The van der Waals surface area contributed by atoms with Crippen molar-refractivity contribution in [2.75, 3.05) is 11.9 Å². The normalized spacial score (nSPS) is 12.8. The van der Waals surface area contributed by atoms with Crippen molar-refractivity contribution in [2.24, 2.45) is 0 Å². The highest BCUT2D eigenvalue weighted by molar-refractivity contribution is 7.80. The molecule has 0 aliphatic carbocycles. The highest BCUT2D eigenvalue weighted by Gasteiger charge is 2.29. The maximum absolute atomic E-state index is 13.3. The molecular formula is C26H21ClN4OS. The Morgan fingerprint density at radius 3 is 2.30 bits per heavy atom. The Hall–Kier alpha value is -3.48. The average Bonchev–Trinajstić information content (AvgIpc) is 3.25. The van der Waals surface area contributed by atoms with Crippen molar-refractivity contribution in [3.63, 3.8) is 0 Å². The Balaban J connectivity index is 1.48. The fourth-order valence-corrected chi connectivity index (χ4v) is 4.43. The number of nitrogens with one attached hydrogen (secondary N) is 1. The number of hydrogen-bond acceptors (Lipinski definition) is 3. The molecular weight excluding hydrogens is 452 g/mol. The smallest absolute Gasteiger partial charge is 0.278 e. The molecule has 1 aromatic heterocycles. The van der Waals surface area contributed by atoms with E-state index in [4.69, 9.17) is 28.9 Å². The van der Waals surface area contributed by atoms with Gasteiger partial charge in [-0.3, -0.25) is 4.79 Å². The molecule has 0 bridgehead atoms. The van der Waals surface area contributed by atoms with Gasteiger partial charge < -0.3 is 10.2 Å². The maximum Gasteiger partial charge on any atom is 0.278 e. The minimum Gasteiger partial charge on any atom is -0.344 e. The van der Waals surface area contributed by atoms with Gasteiger partial charge in [-0.1, -0.05) is 60.1 Å². The number of aromatic nitrogens is 2. The summed E-state index contributed by atoms with van der Waals surface area (Å²) in [6.45, 7) is 1.26. The number of thiocarbonyl (C=S) groups is 1. The highest BCUT2D eigenvalue weighted by Crippen LogP contribution is 2.31. The number of nitrogens with zero attached hydrogens (tertiary/aromatic N) is 3. The highest BCUT2D eigenvalue weighted by atomic mass is 35.5. The SMILES string of the molecule is O=C(c1ccccc1)n1nc(-c2ccccc2)c2c1CCN(C(=S)Nc1ccc(Cl)cc1)C2. The van der Waals surface area contributed by atoms with Crippen LogP contribution in [0.2, 0.25) is 5.02 Å². The Bertz CT molecular complexity index is 1300. The predicted octanol–water partition coefficient (Wildman–Crippen LogP) is 5.65. The summed E-state index contributed by atoms with van der Waals surface area (Å²) < 4.78 is 1.57. The summed E-state index contributed by atoms with van der Waals surface area (Å²) in [4.78, 5) is 15.4. The van der Waals surface area contributed by atoms with Crippen molar-refractivity contribution in [1.82, 2.24) is 14.7 Å². The summed E-state index contributed by atoms with van der Waals surface area (Å²) in [6, 6.07) is 26.7. The fourth-order valence-electron chi connectivity index (χ4n) is 4.03. The van der Waals surface area contributed by atoms with E-state index in [2.05, 4.69) is 10.2 Å². The predicted molar refractivity (Wildman–Crippen MR) is 136 cm³/mol. The van der Waals surface area contributed by atoms with Gasteiger partial charge >= 0.3 is 0 Å². The van der Waals surface area contributed by atoms with E-state index in [1.807, 2.05) is 84.9 Å². The van der Waals surface area contributed by atoms with Crippen LogP contribution in [0.25, 0.3) is 11.3 Å². The molecule has 1 N–H and O–H groups in total. The number of fused-ring (bicyclic) bond motifs is 1. The first kappa shape index (κ1) is 21.4. The van der Waals surface area contributed by atoms with Crippen molar-refractivity contribution in [3.8, 4) is 11.3 Å². The minimum atomic E-state index is -0.121. The van der Waals surface area contributed by atoms with Crippen LogP contribution in [-0.4, -0.2) is 32.2 Å². The molecule has 0 radical (unpaired) electrons. The van der Waals surface area contributed by atoms with Crippen LogP contribution in [0.4, 0.5) is 5.69 Å². The Morgan fingerprint density at radius 2 is 1.61 bits per heavy atom. The van der Waals surface area contributed by atoms with Crippen LogP contribution in [0.15, 0.2) is 84.9 Å². The fraction of sp³-hybridized carbons (Fsp3) is 0.115. The van der Waals surface area contributed by atoms with Gasteiger partial charge in [0.05, 0.1) is 11.4 Å². The zero-order chi connectivity index (χ0) is 22.8. The van der Waals surface area contributed by atoms with E-state index in [0.29, 0.717) is 35.2 Å². The van der Waals surface area contributed by atoms with Crippen LogP contribution in [0.1, 0.15) is 21.6 Å². The van der Waals surface area contributed by atoms with Gasteiger partial charge in [-0.25, -0.2) is 0 Å². The Kier molecular flexibility index (Phi) is 5.94. The lowest BCUT2D eigenvalue weighted by molar-refractivity contribution is 0.0940. The lowest BCUT2D eigenvalue weighted by Crippen LogP contribution is -2.39. The van der Waals surface area contributed by atoms with Gasteiger partial charge in [0, 0.05) is 46.9 Å². The van der Waals surface area contributed by atoms with Crippen molar-refractivity contribution in [2.45, 2.75) is 13.0 Å². The molecule has 0 spiro atoms. The van der Waals surface area contributed by atoms with Gasteiger partial charge in [-0.15, -0.1) is 0 Å². The van der Waals surface area contributed by atoms with E-state index in [9.17, 15) is 4.79 Å². The monoisotopic (exact) mass is 472 g/mol. The van der Waals surface area contributed by atoms with Gasteiger partial charge in [0.25, 0.3) is 5.91 Å². The number of hydrogen-bond donors (Lipinski definition) is 1. The van der Waals surface area contributed by atoms with Crippen LogP contribution in [0.3, 0.4) is 0 Å². The molecule has 5 rings (SSSR count). The van der Waals surface area contributed by atoms with Crippen molar-refractivity contribution in [3.05, 3.63) is 107 Å². The third-order valence-electron chi connectivity index (χ3n) is 5.70. The second kappa shape index (κ2) is 9.17. The van der Waals surface area contributed by atoms with Crippen LogP contribution in [-0.2, 0) is 13.0 Å². The van der Waals surface area contributed by atoms with E-state index in [1.54, 1.807) is 4.68 Å².